The summed E-state index contributed by atoms with van der Waals surface area (Å²) in [7, 11) is 0.432. The van der Waals surface area contributed by atoms with Crippen molar-refractivity contribution < 1.29 is 4.74 Å². The van der Waals surface area contributed by atoms with Gasteiger partial charge in [0.05, 0.1) is 12.8 Å². The van der Waals surface area contributed by atoms with Crippen molar-refractivity contribution in [3.05, 3.63) is 24.3 Å². The second-order valence-corrected chi connectivity index (χ2v) is 14.1. The van der Waals surface area contributed by atoms with Crippen LogP contribution in [0.2, 0.25) is 19.6 Å². The van der Waals surface area contributed by atoms with E-state index >= 15 is 0 Å². The van der Waals surface area contributed by atoms with E-state index in [4.69, 9.17) is 17.0 Å². The SMILES string of the molecule is COc1ccccc1NC(=S)S[Si](C)(C)C. The monoisotopic (exact) mass is 271 g/mol. The molecule has 0 amide bonds. The summed E-state index contributed by atoms with van der Waals surface area (Å²) >= 11 is 7.10. The summed E-state index contributed by atoms with van der Waals surface area (Å²) in [6, 6.07) is 7.80. The maximum atomic E-state index is 5.32. The maximum Gasteiger partial charge on any atom is 0.142 e. The Morgan fingerprint density at radius 2 is 1.94 bits per heavy atom. The lowest BCUT2D eigenvalue weighted by molar-refractivity contribution is 0.417. The van der Waals surface area contributed by atoms with Crippen LogP contribution in [0.25, 0.3) is 0 Å². The third kappa shape index (κ3) is 4.55. The van der Waals surface area contributed by atoms with Gasteiger partial charge in [-0.25, -0.2) is 0 Å². The molecule has 0 heterocycles. The second-order valence-electron chi connectivity index (χ2n) is 4.33. The van der Waals surface area contributed by atoms with Gasteiger partial charge in [0, 0.05) is 0 Å². The minimum atomic E-state index is -1.23. The van der Waals surface area contributed by atoms with Gasteiger partial charge in [-0.3, -0.25) is 0 Å². The minimum absolute atomic E-state index is 0.820. The highest BCUT2D eigenvalue weighted by molar-refractivity contribution is 8.44. The summed E-state index contributed by atoms with van der Waals surface area (Å²) in [5, 5.41) is 3.22. The van der Waals surface area contributed by atoms with Crippen molar-refractivity contribution in [2.24, 2.45) is 0 Å². The van der Waals surface area contributed by atoms with E-state index in [0.29, 0.717) is 0 Å². The molecule has 0 aliphatic heterocycles. The van der Waals surface area contributed by atoms with Gasteiger partial charge in [0.15, 0.2) is 0 Å². The van der Waals surface area contributed by atoms with Crippen LogP contribution in [0.15, 0.2) is 24.3 Å². The smallest absolute Gasteiger partial charge is 0.142 e. The van der Waals surface area contributed by atoms with Gasteiger partial charge in [-0.15, -0.1) is 11.2 Å². The number of anilines is 1. The summed E-state index contributed by atoms with van der Waals surface area (Å²) in [6.07, 6.45) is 0. The summed E-state index contributed by atoms with van der Waals surface area (Å²) in [5.74, 6) is 0.820. The number of hydrogen-bond acceptors (Lipinski definition) is 3. The first-order chi connectivity index (χ1) is 7.42. The quantitative estimate of drug-likeness (QED) is 0.663. The molecule has 88 valence electrons. The molecule has 0 aliphatic carbocycles. The van der Waals surface area contributed by atoms with Crippen LogP contribution in [0.3, 0.4) is 0 Å². The highest BCUT2D eigenvalue weighted by Crippen LogP contribution is 2.27. The van der Waals surface area contributed by atoms with E-state index in [1.54, 1.807) is 18.3 Å². The first-order valence-electron chi connectivity index (χ1n) is 5.05. The molecule has 0 aliphatic rings. The Balaban J connectivity index is 2.70. The van der Waals surface area contributed by atoms with Gasteiger partial charge in [0.25, 0.3) is 0 Å². The van der Waals surface area contributed by atoms with Crippen molar-refractivity contribution >= 4 is 40.7 Å². The van der Waals surface area contributed by atoms with E-state index in [2.05, 4.69) is 25.0 Å². The van der Waals surface area contributed by atoms with Crippen molar-refractivity contribution in [3.63, 3.8) is 0 Å². The number of rotatable bonds is 3. The lowest BCUT2D eigenvalue weighted by Gasteiger charge is -2.17. The van der Waals surface area contributed by atoms with E-state index < -0.39 is 7.22 Å². The van der Waals surface area contributed by atoms with E-state index in [1.165, 1.54) is 0 Å². The Morgan fingerprint density at radius 3 is 2.50 bits per heavy atom. The molecule has 0 fully saturated rings. The molecule has 0 saturated heterocycles. The number of ether oxygens (including phenoxy) is 1. The van der Waals surface area contributed by atoms with Crippen LogP contribution in [0, 0.1) is 0 Å². The molecule has 1 rings (SSSR count). The number of hydrogen-bond donors (Lipinski definition) is 1. The zero-order valence-corrected chi connectivity index (χ0v) is 12.7. The molecule has 1 N–H and O–H groups in total. The Kier molecular flexibility index (Phi) is 4.82. The topological polar surface area (TPSA) is 21.3 Å². The van der Waals surface area contributed by atoms with Crippen molar-refractivity contribution in [3.8, 4) is 5.75 Å². The molecule has 0 spiro atoms. The van der Waals surface area contributed by atoms with Gasteiger partial charge in [0.1, 0.15) is 17.3 Å². The second kappa shape index (κ2) is 5.70. The largest absolute Gasteiger partial charge is 0.495 e. The molecular formula is C11H17NOS2Si. The van der Waals surface area contributed by atoms with Crippen molar-refractivity contribution in [2.75, 3.05) is 12.4 Å². The first kappa shape index (κ1) is 13.5. The van der Waals surface area contributed by atoms with Gasteiger partial charge in [0.2, 0.25) is 0 Å². The van der Waals surface area contributed by atoms with Crippen LogP contribution in [0.4, 0.5) is 5.69 Å². The van der Waals surface area contributed by atoms with Crippen molar-refractivity contribution in [1.82, 2.24) is 0 Å². The molecule has 0 saturated carbocycles. The molecule has 0 atom stereocenters. The Hall–Kier alpha value is -0.523. The third-order valence-electron chi connectivity index (χ3n) is 1.74. The van der Waals surface area contributed by atoms with Gasteiger partial charge in [-0.1, -0.05) is 44.0 Å². The predicted molar refractivity (Wildman–Crippen MR) is 80.2 cm³/mol. The molecule has 5 heteroatoms. The molecule has 1 aromatic rings. The molecular weight excluding hydrogens is 254 g/mol. The zero-order valence-electron chi connectivity index (χ0n) is 10.0. The fourth-order valence-corrected chi connectivity index (χ4v) is 6.06. The molecule has 0 unspecified atom stereocenters. The molecule has 1 aromatic carbocycles. The Labute approximate surface area is 107 Å². The number of thiocarbonyl (C=S) groups is 1. The molecule has 16 heavy (non-hydrogen) atoms. The van der Waals surface area contributed by atoms with Gasteiger partial charge < -0.3 is 10.1 Å². The normalized spacial score (nSPS) is 11.0. The lowest BCUT2D eigenvalue weighted by Crippen LogP contribution is -2.20. The summed E-state index contributed by atoms with van der Waals surface area (Å²) in [5.41, 5.74) is 0.931. The Bertz CT molecular complexity index is 376. The van der Waals surface area contributed by atoms with Gasteiger partial charge in [-0.2, -0.15) is 0 Å². The maximum absolute atomic E-state index is 5.32. The average Bonchev–Trinajstić information content (AvgIpc) is 2.15. The van der Waals surface area contributed by atoms with Crippen LogP contribution in [-0.2, 0) is 0 Å². The number of para-hydroxylation sites is 2. The lowest BCUT2D eigenvalue weighted by atomic mass is 10.3. The van der Waals surface area contributed by atoms with Crippen LogP contribution in [0.5, 0.6) is 5.75 Å². The molecule has 0 bridgehead atoms. The van der Waals surface area contributed by atoms with Crippen LogP contribution in [0.1, 0.15) is 0 Å². The fraction of sp³-hybridized carbons (Fsp3) is 0.364. The van der Waals surface area contributed by atoms with E-state index in [0.717, 1.165) is 15.8 Å². The van der Waals surface area contributed by atoms with Crippen LogP contribution >= 0.6 is 23.4 Å². The number of benzene rings is 1. The molecule has 0 radical (unpaired) electrons. The highest BCUT2D eigenvalue weighted by Gasteiger charge is 2.17. The number of nitrogens with one attached hydrogen (secondary N) is 1. The van der Waals surface area contributed by atoms with Crippen molar-refractivity contribution in [1.29, 1.82) is 0 Å². The van der Waals surface area contributed by atoms with Gasteiger partial charge >= 0.3 is 0 Å². The van der Waals surface area contributed by atoms with E-state index in [9.17, 15) is 0 Å². The predicted octanol–water partition coefficient (Wildman–Crippen LogP) is 3.96. The van der Waals surface area contributed by atoms with Gasteiger partial charge in [-0.05, 0) is 12.1 Å². The van der Waals surface area contributed by atoms with E-state index in [1.807, 2.05) is 24.3 Å². The van der Waals surface area contributed by atoms with Crippen LogP contribution < -0.4 is 10.1 Å². The molecule has 2 nitrogen and oxygen atoms in total. The van der Waals surface area contributed by atoms with E-state index in [-0.39, 0.29) is 0 Å². The fourth-order valence-electron chi connectivity index (χ4n) is 1.16. The average molecular weight is 271 g/mol. The van der Waals surface area contributed by atoms with Crippen LogP contribution in [-0.4, -0.2) is 18.7 Å². The zero-order chi connectivity index (χ0) is 12.2. The summed E-state index contributed by atoms with van der Waals surface area (Å²) in [6.45, 7) is 6.82. The highest BCUT2D eigenvalue weighted by atomic mass is 32.4. The summed E-state index contributed by atoms with van der Waals surface area (Å²) in [4.78, 5) is 0. The third-order valence-corrected chi connectivity index (χ3v) is 5.89. The summed E-state index contributed by atoms with van der Waals surface area (Å²) < 4.78 is 6.08. The standard InChI is InChI=1S/C11H17NOS2Si/c1-13-10-8-6-5-7-9(10)12-11(14)15-16(2,3)4/h5-8H,1-4H3,(H,12,14). The first-order valence-corrected chi connectivity index (χ1v) is 10.5. The van der Waals surface area contributed by atoms with Crippen molar-refractivity contribution in [2.45, 2.75) is 19.6 Å². The number of methoxy groups -OCH3 is 1. The minimum Gasteiger partial charge on any atom is -0.495 e. The molecule has 0 aromatic heterocycles. The Morgan fingerprint density at radius 1 is 1.31 bits per heavy atom.